The first-order valence-electron chi connectivity index (χ1n) is 16.5. The van der Waals surface area contributed by atoms with Crippen LogP contribution in [0.4, 0.5) is 11.4 Å². The second-order valence-electron chi connectivity index (χ2n) is 12.2. The highest BCUT2D eigenvalue weighted by Gasteiger charge is 2.27. The lowest BCUT2D eigenvalue weighted by molar-refractivity contribution is -0.131. The molecule has 0 radical (unpaired) electrons. The summed E-state index contributed by atoms with van der Waals surface area (Å²) in [4.78, 5) is 46.5. The first-order valence-corrected chi connectivity index (χ1v) is 16.5. The van der Waals surface area contributed by atoms with Crippen LogP contribution in [0.2, 0.25) is 0 Å². The highest BCUT2D eigenvalue weighted by molar-refractivity contribution is 6.13. The number of aromatic nitrogens is 1. The molecule has 52 heavy (non-hydrogen) atoms. The van der Waals surface area contributed by atoms with Crippen molar-refractivity contribution in [2.24, 2.45) is 0 Å². The number of anilines is 2. The topological polar surface area (TPSA) is 141 Å². The number of hydrogen-bond acceptors (Lipinski definition) is 9. The van der Waals surface area contributed by atoms with Crippen LogP contribution in [-0.2, 0) is 24.2 Å². The third kappa shape index (κ3) is 6.65. The molecule has 2 N–H and O–H groups in total. The standard InChI is InChI=1S/C40H36N4O8/c1-48-33-17-28-27-13-14-44(22-37(27)52-32(28)20-36(33)51-4)38(45)15-23-9-11-26(12-10-23)42-40(47)29-18-34(49-2)35(50-3)19-31(29)43-39(46)25-16-24-7-5-6-8-30(24)41-21-25/h5-12,16-21H,13-15,22H2,1-4H3,(H,42,47)(H,43,46). The lowest BCUT2D eigenvalue weighted by Crippen LogP contribution is -2.36. The van der Waals surface area contributed by atoms with Crippen molar-refractivity contribution in [2.75, 3.05) is 45.6 Å². The molecule has 0 saturated heterocycles. The lowest BCUT2D eigenvalue weighted by atomic mass is 10.0. The monoisotopic (exact) mass is 700 g/mol. The molecule has 0 unspecified atom stereocenters. The van der Waals surface area contributed by atoms with E-state index < -0.39 is 11.8 Å². The Bertz CT molecular complexity index is 2330. The lowest BCUT2D eigenvalue weighted by Gasteiger charge is -2.26. The van der Waals surface area contributed by atoms with Gasteiger partial charge in [-0.05, 0) is 48.4 Å². The van der Waals surface area contributed by atoms with E-state index in [2.05, 4.69) is 15.6 Å². The summed E-state index contributed by atoms with van der Waals surface area (Å²) in [6.45, 7) is 0.924. The number of benzene rings is 4. The van der Waals surface area contributed by atoms with Crippen molar-refractivity contribution in [3.05, 3.63) is 113 Å². The molecule has 12 nitrogen and oxygen atoms in total. The number of nitrogens with one attached hydrogen (secondary N) is 2. The summed E-state index contributed by atoms with van der Waals surface area (Å²) in [5.74, 6) is 1.65. The summed E-state index contributed by atoms with van der Waals surface area (Å²) < 4.78 is 27.9. The summed E-state index contributed by atoms with van der Waals surface area (Å²) in [5.41, 5.74) is 4.53. The van der Waals surface area contributed by atoms with Gasteiger partial charge in [-0.25, -0.2) is 0 Å². The Morgan fingerprint density at radius 2 is 1.48 bits per heavy atom. The van der Waals surface area contributed by atoms with Crippen molar-refractivity contribution in [1.29, 1.82) is 0 Å². The summed E-state index contributed by atoms with van der Waals surface area (Å²) in [6.07, 6.45) is 2.33. The zero-order valence-electron chi connectivity index (χ0n) is 29.1. The molecule has 0 spiro atoms. The molecule has 1 aliphatic heterocycles. The van der Waals surface area contributed by atoms with E-state index in [1.165, 1.54) is 32.5 Å². The molecule has 0 fully saturated rings. The van der Waals surface area contributed by atoms with Crippen LogP contribution in [0.15, 0.2) is 89.5 Å². The van der Waals surface area contributed by atoms with Crippen molar-refractivity contribution in [3.63, 3.8) is 0 Å². The van der Waals surface area contributed by atoms with Gasteiger partial charge in [0.1, 0.15) is 11.3 Å². The summed E-state index contributed by atoms with van der Waals surface area (Å²) in [7, 11) is 6.11. The highest BCUT2D eigenvalue weighted by atomic mass is 16.5. The van der Waals surface area contributed by atoms with Crippen molar-refractivity contribution < 1.29 is 37.7 Å². The minimum atomic E-state index is -0.484. The van der Waals surface area contributed by atoms with Crippen molar-refractivity contribution in [2.45, 2.75) is 19.4 Å². The molecule has 0 atom stereocenters. The van der Waals surface area contributed by atoms with Gasteiger partial charge in [0.05, 0.1) is 63.7 Å². The average Bonchev–Trinajstić information content (AvgIpc) is 3.54. The molecule has 7 rings (SSSR count). The van der Waals surface area contributed by atoms with Gasteiger partial charge < -0.3 is 38.9 Å². The van der Waals surface area contributed by atoms with Gasteiger partial charge >= 0.3 is 0 Å². The number of carbonyl (C=O) groups excluding carboxylic acids is 3. The van der Waals surface area contributed by atoms with Crippen molar-refractivity contribution in [1.82, 2.24) is 9.88 Å². The number of methoxy groups -OCH3 is 4. The van der Waals surface area contributed by atoms with Crippen LogP contribution < -0.4 is 29.6 Å². The third-order valence-electron chi connectivity index (χ3n) is 9.14. The zero-order chi connectivity index (χ0) is 36.4. The van der Waals surface area contributed by atoms with Gasteiger partial charge in [0, 0.05) is 46.9 Å². The average molecular weight is 701 g/mol. The number of fused-ring (bicyclic) bond motifs is 4. The fourth-order valence-electron chi connectivity index (χ4n) is 6.39. The number of hydrogen-bond donors (Lipinski definition) is 2. The summed E-state index contributed by atoms with van der Waals surface area (Å²) in [6, 6.07) is 23.0. The number of rotatable bonds is 10. The number of furan rings is 1. The van der Waals surface area contributed by atoms with Gasteiger partial charge in [0.2, 0.25) is 5.91 Å². The Labute approximate surface area is 299 Å². The molecular formula is C40H36N4O8. The summed E-state index contributed by atoms with van der Waals surface area (Å²) >= 11 is 0. The number of nitrogens with zero attached hydrogens (tertiary/aromatic N) is 2. The fourth-order valence-corrected chi connectivity index (χ4v) is 6.39. The Balaban J connectivity index is 1.04. The van der Waals surface area contributed by atoms with Gasteiger partial charge in [0.25, 0.3) is 11.8 Å². The fraction of sp³-hybridized carbons (Fsp3) is 0.200. The van der Waals surface area contributed by atoms with Crippen LogP contribution in [-0.4, -0.2) is 62.6 Å². The summed E-state index contributed by atoms with van der Waals surface area (Å²) in [5, 5.41) is 7.49. The second-order valence-corrected chi connectivity index (χ2v) is 12.2. The molecule has 4 aromatic carbocycles. The van der Waals surface area contributed by atoms with E-state index in [0.717, 1.165) is 33.2 Å². The van der Waals surface area contributed by atoms with E-state index in [-0.39, 0.29) is 23.6 Å². The van der Waals surface area contributed by atoms with Crippen molar-refractivity contribution in [3.8, 4) is 23.0 Å². The van der Waals surface area contributed by atoms with Crippen LogP contribution in [0.5, 0.6) is 23.0 Å². The van der Waals surface area contributed by atoms with Gasteiger partial charge in [-0.15, -0.1) is 0 Å². The van der Waals surface area contributed by atoms with Crippen molar-refractivity contribution >= 4 is 51.0 Å². The van der Waals surface area contributed by atoms with E-state index in [9.17, 15) is 14.4 Å². The molecule has 3 amide bonds. The number of amides is 3. The Hall–Kier alpha value is -6.56. The van der Waals surface area contributed by atoms with E-state index in [1.807, 2.05) is 36.4 Å². The Morgan fingerprint density at radius 1 is 0.788 bits per heavy atom. The number of carbonyl (C=O) groups is 3. The molecule has 0 aliphatic carbocycles. The first kappa shape index (κ1) is 33.9. The van der Waals surface area contributed by atoms with Crippen LogP contribution >= 0.6 is 0 Å². The maximum Gasteiger partial charge on any atom is 0.257 e. The molecule has 3 heterocycles. The first-order chi connectivity index (χ1) is 25.3. The number of para-hydroxylation sites is 1. The van der Waals surface area contributed by atoms with E-state index in [0.29, 0.717) is 59.3 Å². The minimum absolute atomic E-state index is 0.0367. The molecule has 0 saturated carbocycles. The molecular weight excluding hydrogens is 664 g/mol. The molecule has 0 bridgehead atoms. The third-order valence-corrected chi connectivity index (χ3v) is 9.14. The van der Waals surface area contributed by atoms with Crippen LogP contribution in [0.25, 0.3) is 21.9 Å². The number of pyridine rings is 1. The van der Waals surface area contributed by atoms with E-state index in [1.54, 1.807) is 49.5 Å². The quantitative estimate of drug-likeness (QED) is 0.161. The largest absolute Gasteiger partial charge is 0.493 e. The van der Waals surface area contributed by atoms with E-state index in [4.69, 9.17) is 23.4 Å². The smallest absolute Gasteiger partial charge is 0.257 e. The van der Waals surface area contributed by atoms with Crippen LogP contribution in [0.3, 0.4) is 0 Å². The van der Waals surface area contributed by atoms with Gasteiger partial charge in [-0.3, -0.25) is 19.4 Å². The SMILES string of the molecule is COc1cc(NC(=O)c2cnc3ccccc3c2)c(C(=O)Nc2ccc(CC(=O)N3CCc4c(oc5cc(OC)c(OC)cc45)C3)cc2)cc1OC. The Kier molecular flexibility index (Phi) is 9.36. The molecule has 1 aliphatic rings. The molecule has 6 aromatic rings. The minimum Gasteiger partial charge on any atom is -0.493 e. The Morgan fingerprint density at radius 3 is 2.23 bits per heavy atom. The van der Waals surface area contributed by atoms with Crippen LogP contribution in [0, 0.1) is 0 Å². The number of ether oxygens (including phenoxy) is 4. The predicted molar refractivity (Wildman–Crippen MR) is 196 cm³/mol. The highest BCUT2D eigenvalue weighted by Crippen LogP contribution is 2.38. The molecule has 2 aromatic heterocycles. The van der Waals surface area contributed by atoms with Gasteiger partial charge in [0.15, 0.2) is 23.0 Å². The van der Waals surface area contributed by atoms with Crippen LogP contribution in [0.1, 0.15) is 37.6 Å². The van der Waals surface area contributed by atoms with Gasteiger partial charge in [-0.2, -0.15) is 0 Å². The predicted octanol–water partition coefficient (Wildman–Crippen LogP) is 6.65. The second kappa shape index (κ2) is 14.4. The molecule has 264 valence electrons. The normalized spacial score (nSPS) is 12.3. The maximum atomic E-state index is 13.6. The zero-order valence-corrected chi connectivity index (χ0v) is 29.1. The maximum absolute atomic E-state index is 13.6. The molecule has 12 heteroatoms. The van der Waals surface area contributed by atoms with Gasteiger partial charge in [-0.1, -0.05) is 30.3 Å². The van der Waals surface area contributed by atoms with E-state index >= 15 is 0 Å².